The first-order valence-electron chi connectivity index (χ1n) is 11.0. The number of rotatable bonds is 7. The van der Waals surface area contributed by atoms with Gasteiger partial charge in [-0.1, -0.05) is 47.0 Å². The molecule has 5 heteroatoms. The van der Waals surface area contributed by atoms with Crippen LogP contribution in [0, 0.1) is 23.7 Å². The topological polar surface area (TPSA) is 58.6 Å². The summed E-state index contributed by atoms with van der Waals surface area (Å²) >= 11 is 0. The minimum Gasteiger partial charge on any atom is -0.376 e. The van der Waals surface area contributed by atoms with Crippen molar-refractivity contribution in [3.8, 4) is 0 Å². The number of likely N-dealkylation sites (tertiary alicyclic amines) is 1. The molecule has 1 saturated carbocycles. The summed E-state index contributed by atoms with van der Waals surface area (Å²) in [6.45, 7) is 12.3. The maximum atomic E-state index is 13.3. The second-order valence-electron chi connectivity index (χ2n) is 9.37. The molecule has 4 atom stereocenters. The van der Waals surface area contributed by atoms with E-state index in [0.717, 1.165) is 19.5 Å². The van der Waals surface area contributed by atoms with E-state index in [0.29, 0.717) is 24.4 Å². The quantitative estimate of drug-likeness (QED) is 0.734. The minimum atomic E-state index is -0.596. The van der Waals surface area contributed by atoms with Gasteiger partial charge in [-0.25, -0.2) is 0 Å². The third kappa shape index (κ3) is 6.78. The molecule has 1 N–H and O–H groups in total. The van der Waals surface area contributed by atoms with Crippen molar-refractivity contribution in [3.05, 3.63) is 0 Å². The molecule has 27 heavy (non-hydrogen) atoms. The van der Waals surface area contributed by atoms with E-state index >= 15 is 0 Å². The number of carbonyl (C=O) groups is 2. The average Bonchev–Trinajstić information content (AvgIpc) is 2.63. The normalized spacial score (nSPS) is 26.7. The number of carbonyl (C=O) groups excluding carboxylic acids is 2. The number of nitrogens with one attached hydrogen (secondary N) is 1. The Labute approximate surface area is 165 Å². The number of nitrogens with zero attached hydrogens (tertiary/aromatic N) is 1. The molecule has 1 aliphatic carbocycles. The lowest BCUT2D eigenvalue weighted by Gasteiger charge is -2.38. The molecule has 2 rings (SSSR count). The molecule has 2 amide bonds. The van der Waals surface area contributed by atoms with Crippen LogP contribution in [-0.2, 0) is 14.3 Å². The van der Waals surface area contributed by atoms with Gasteiger partial charge < -0.3 is 15.0 Å². The van der Waals surface area contributed by atoms with E-state index in [1.807, 2.05) is 25.7 Å². The summed E-state index contributed by atoms with van der Waals surface area (Å²) in [7, 11) is 0. The van der Waals surface area contributed by atoms with Crippen molar-refractivity contribution in [2.24, 2.45) is 23.7 Å². The van der Waals surface area contributed by atoms with Crippen LogP contribution in [0.25, 0.3) is 0 Å². The summed E-state index contributed by atoms with van der Waals surface area (Å²) < 4.78 is 6.13. The number of hydrogen-bond donors (Lipinski definition) is 1. The molecule has 5 nitrogen and oxygen atoms in total. The van der Waals surface area contributed by atoms with E-state index in [2.05, 4.69) is 19.2 Å². The van der Waals surface area contributed by atoms with Crippen LogP contribution >= 0.6 is 0 Å². The second kappa shape index (κ2) is 10.4. The molecule has 0 bridgehead atoms. The van der Waals surface area contributed by atoms with E-state index in [9.17, 15) is 9.59 Å². The number of hydrogen-bond acceptors (Lipinski definition) is 3. The Kier molecular flexibility index (Phi) is 8.59. The molecule has 0 aromatic carbocycles. The summed E-state index contributed by atoms with van der Waals surface area (Å²) in [5.74, 6) is 1.37. The molecule has 1 aliphatic heterocycles. The Morgan fingerprint density at radius 3 is 2.19 bits per heavy atom. The molecule has 1 heterocycles. The summed E-state index contributed by atoms with van der Waals surface area (Å²) in [5.41, 5.74) is 0. The van der Waals surface area contributed by atoms with Gasteiger partial charge in [-0.15, -0.1) is 0 Å². The minimum absolute atomic E-state index is 0.0125. The van der Waals surface area contributed by atoms with Crippen LogP contribution in [0.5, 0.6) is 0 Å². The third-order valence-corrected chi connectivity index (χ3v) is 6.06. The fourth-order valence-corrected chi connectivity index (χ4v) is 4.48. The molecule has 1 saturated heterocycles. The maximum Gasteiger partial charge on any atom is 0.247 e. The Balaban J connectivity index is 2.02. The van der Waals surface area contributed by atoms with E-state index in [-0.39, 0.29) is 23.8 Å². The van der Waals surface area contributed by atoms with Crippen LogP contribution < -0.4 is 5.32 Å². The number of piperidine rings is 1. The van der Waals surface area contributed by atoms with Gasteiger partial charge in [0.2, 0.25) is 11.8 Å². The standard InChI is InChI=1S/C22H40N2O3/c1-15(2)21(25)23-20(18(5)27-14-19-9-7-6-8-10-19)22(26)24-12-16(3)11-17(4)13-24/h15-20H,6-14H2,1-5H3,(H,23,25). The molecule has 0 spiro atoms. The predicted octanol–water partition coefficient (Wildman–Crippen LogP) is 3.62. The molecule has 2 aliphatic rings. The van der Waals surface area contributed by atoms with E-state index in [4.69, 9.17) is 4.74 Å². The zero-order valence-electron chi connectivity index (χ0n) is 18.0. The molecular weight excluding hydrogens is 340 g/mol. The lowest BCUT2D eigenvalue weighted by atomic mass is 9.90. The highest BCUT2D eigenvalue weighted by Crippen LogP contribution is 2.25. The first-order valence-corrected chi connectivity index (χ1v) is 11.0. The van der Waals surface area contributed by atoms with Crippen molar-refractivity contribution in [2.75, 3.05) is 19.7 Å². The Bertz CT molecular complexity index is 478. The average molecular weight is 381 g/mol. The molecule has 0 radical (unpaired) electrons. The number of ether oxygens (including phenoxy) is 1. The van der Waals surface area contributed by atoms with Crippen LogP contribution in [0.1, 0.15) is 73.1 Å². The lowest BCUT2D eigenvalue weighted by molar-refractivity contribution is -0.144. The summed E-state index contributed by atoms with van der Waals surface area (Å²) in [5, 5.41) is 2.98. The van der Waals surface area contributed by atoms with Crippen molar-refractivity contribution in [1.82, 2.24) is 10.2 Å². The van der Waals surface area contributed by atoms with Gasteiger partial charge in [0, 0.05) is 25.6 Å². The molecule has 0 aromatic rings. The van der Waals surface area contributed by atoms with Crippen molar-refractivity contribution in [3.63, 3.8) is 0 Å². The second-order valence-corrected chi connectivity index (χ2v) is 9.37. The zero-order chi connectivity index (χ0) is 20.0. The molecule has 156 valence electrons. The van der Waals surface area contributed by atoms with Gasteiger partial charge in [-0.3, -0.25) is 9.59 Å². The van der Waals surface area contributed by atoms with Crippen molar-refractivity contribution in [1.29, 1.82) is 0 Å². The van der Waals surface area contributed by atoms with Gasteiger partial charge in [0.15, 0.2) is 0 Å². The fraction of sp³-hybridized carbons (Fsp3) is 0.909. The van der Waals surface area contributed by atoms with E-state index in [1.165, 1.54) is 32.1 Å². The highest BCUT2D eigenvalue weighted by atomic mass is 16.5. The summed E-state index contributed by atoms with van der Waals surface area (Å²) in [4.78, 5) is 27.5. The summed E-state index contributed by atoms with van der Waals surface area (Å²) in [6.07, 6.45) is 7.14. The van der Waals surface area contributed by atoms with Crippen LogP contribution in [0.15, 0.2) is 0 Å². The lowest BCUT2D eigenvalue weighted by Crippen LogP contribution is -2.57. The van der Waals surface area contributed by atoms with Crippen LogP contribution in [0.4, 0.5) is 0 Å². The SMILES string of the molecule is CC1CC(C)CN(C(=O)C(NC(=O)C(C)C)C(C)OCC2CCCCC2)C1. The molecular formula is C22H40N2O3. The van der Waals surface area contributed by atoms with E-state index in [1.54, 1.807) is 0 Å². The Morgan fingerprint density at radius 2 is 1.63 bits per heavy atom. The molecule has 2 fully saturated rings. The Morgan fingerprint density at radius 1 is 1.04 bits per heavy atom. The zero-order valence-corrected chi connectivity index (χ0v) is 18.0. The Hall–Kier alpha value is -1.10. The van der Waals surface area contributed by atoms with Crippen molar-refractivity contribution in [2.45, 2.75) is 85.3 Å². The molecule has 4 unspecified atom stereocenters. The predicted molar refractivity (Wildman–Crippen MR) is 108 cm³/mol. The maximum absolute atomic E-state index is 13.3. The molecule has 0 aromatic heterocycles. The fourth-order valence-electron chi connectivity index (χ4n) is 4.48. The largest absolute Gasteiger partial charge is 0.376 e. The van der Waals surface area contributed by atoms with Gasteiger partial charge in [0.1, 0.15) is 6.04 Å². The van der Waals surface area contributed by atoms with Gasteiger partial charge in [0.25, 0.3) is 0 Å². The summed E-state index contributed by atoms with van der Waals surface area (Å²) in [6, 6.07) is -0.596. The van der Waals surface area contributed by atoms with Gasteiger partial charge in [-0.05, 0) is 43.9 Å². The first kappa shape index (κ1) is 22.2. The van der Waals surface area contributed by atoms with Crippen LogP contribution in [0.3, 0.4) is 0 Å². The van der Waals surface area contributed by atoms with Crippen molar-refractivity contribution >= 4 is 11.8 Å². The van der Waals surface area contributed by atoms with Gasteiger partial charge >= 0.3 is 0 Å². The van der Waals surface area contributed by atoms with E-state index < -0.39 is 6.04 Å². The monoisotopic (exact) mass is 380 g/mol. The van der Waals surface area contributed by atoms with Gasteiger partial charge in [-0.2, -0.15) is 0 Å². The number of amides is 2. The highest BCUT2D eigenvalue weighted by molar-refractivity contribution is 5.88. The van der Waals surface area contributed by atoms with Gasteiger partial charge in [0.05, 0.1) is 6.10 Å². The third-order valence-electron chi connectivity index (χ3n) is 6.06. The first-order chi connectivity index (χ1) is 12.8. The smallest absolute Gasteiger partial charge is 0.247 e. The van der Waals surface area contributed by atoms with Crippen LogP contribution in [0.2, 0.25) is 0 Å². The highest BCUT2D eigenvalue weighted by Gasteiger charge is 2.35. The van der Waals surface area contributed by atoms with Crippen molar-refractivity contribution < 1.29 is 14.3 Å². The van der Waals surface area contributed by atoms with Crippen LogP contribution in [-0.4, -0.2) is 48.6 Å².